The average molecular weight is 345 g/mol. The molecule has 0 spiro atoms. The molecule has 7 nitrogen and oxygen atoms in total. The second-order valence-corrected chi connectivity index (χ2v) is 5.70. The number of nitrogens with zero attached hydrogens (tertiary/aromatic N) is 1. The van der Waals surface area contributed by atoms with Crippen LogP contribution in [0.3, 0.4) is 0 Å². The second kappa shape index (κ2) is 8.11. The zero-order chi connectivity index (χ0) is 17.5. The number of carboxylic acids is 1. The van der Waals surface area contributed by atoms with Gasteiger partial charge in [-0.3, -0.25) is 19.3 Å². The number of carbonyl (C=O) groups is 4. The van der Waals surface area contributed by atoms with E-state index in [-0.39, 0.29) is 4.91 Å². The predicted octanol–water partition coefficient (Wildman–Crippen LogP) is 0.145. The summed E-state index contributed by atoms with van der Waals surface area (Å²) in [6.07, 6.45) is 4.92. The van der Waals surface area contributed by atoms with Crippen molar-refractivity contribution in [3.05, 3.63) is 53.0 Å². The Morgan fingerprint density at radius 2 is 1.92 bits per heavy atom. The highest BCUT2D eigenvalue weighted by Crippen LogP contribution is 2.30. The van der Waals surface area contributed by atoms with Crippen LogP contribution in [0.15, 0.2) is 47.4 Å². The maximum atomic E-state index is 12.1. The number of aliphatic carboxylic acids is 1. The van der Waals surface area contributed by atoms with E-state index in [1.165, 1.54) is 6.08 Å². The van der Waals surface area contributed by atoms with Gasteiger partial charge in [0.25, 0.3) is 11.1 Å². The molecule has 124 valence electrons. The molecule has 1 heterocycles. The first-order valence-electron chi connectivity index (χ1n) is 6.91. The quantitative estimate of drug-likeness (QED) is 0.735. The van der Waals surface area contributed by atoms with Crippen LogP contribution in [0.5, 0.6) is 0 Å². The van der Waals surface area contributed by atoms with Crippen molar-refractivity contribution in [1.82, 2.24) is 10.2 Å². The third kappa shape index (κ3) is 4.82. The minimum absolute atomic E-state index is 0.194. The van der Waals surface area contributed by atoms with Crippen LogP contribution in [0.2, 0.25) is 0 Å². The number of allylic oxidation sites excluding steroid dienone is 2. The first-order valence-corrected chi connectivity index (χ1v) is 7.72. The lowest BCUT2D eigenvalue weighted by Gasteiger charge is -2.12. The van der Waals surface area contributed by atoms with Gasteiger partial charge in [0.2, 0.25) is 5.91 Å². The molecule has 0 bridgehead atoms. The van der Waals surface area contributed by atoms with Crippen molar-refractivity contribution in [2.75, 3.05) is 13.1 Å². The van der Waals surface area contributed by atoms with Crippen LogP contribution in [0.1, 0.15) is 5.56 Å². The standard InChI is InChI=1S/C16H14N2O5S/c19-13(17-9-14(20)21)10-18-15(22)12(24-16(18)23)8-4-7-11-5-2-1-3-6-11/h1-8H,9-10H2,(H,17,19)(H,20,21)/p-1/b7-4+,12-8+. The predicted molar refractivity (Wildman–Crippen MR) is 86.3 cm³/mol. The molecular weight excluding hydrogens is 332 g/mol. The summed E-state index contributed by atoms with van der Waals surface area (Å²) in [6.45, 7) is -1.21. The molecule has 1 N–H and O–H groups in total. The van der Waals surface area contributed by atoms with Gasteiger partial charge in [-0.1, -0.05) is 42.5 Å². The summed E-state index contributed by atoms with van der Waals surface area (Å²) in [6, 6.07) is 9.40. The average Bonchev–Trinajstić information content (AvgIpc) is 2.82. The Bertz CT molecular complexity index is 727. The highest BCUT2D eigenvalue weighted by atomic mass is 32.2. The van der Waals surface area contributed by atoms with Crippen LogP contribution in [0, 0.1) is 0 Å². The maximum Gasteiger partial charge on any atom is 0.294 e. The number of carboxylic acid groups (broad SMARTS) is 1. The lowest BCUT2D eigenvalue weighted by atomic mass is 10.2. The normalized spacial score (nSPS) is 16.2. The molecule has 24 heavy (non-hydrogen) atoms. The third-order valence-electron chi connectivity index (χ3n) is 2.94. The minimum atomic E-state index is -1.46. The van der Waals surface area contributed by atoms with Gasteiger partial charge in [-0.2, -0.15) is 0 Å². The third-order valence-corrected chi connectivity index (χ3v) is 3.87. The van der Waals surface area contributed by atoms with E-state index >= 15 is 0 Å². The van der Waals surface area contributed by atoms with Gasteiger partial charge in [-0.15, -0.1) is 0 Å². The van der Waals surface area contributed by atoms with Gasteiger partial charge in [0.1, 0.15) is 6.54 Å². The molecule has 1 saturated heterocycles. The zero-order valence-electron chi connectivity index (χ0n) is 12.4. The monoisotopic (exact) mass is 345 g/mol. The van der Waals surface area contributed by atoms with Crippen LogP contribution < -0.4 is 10.4 Å². The number of carbonyl (C=O) groups excluding carboxylic acids is 4. The first-order chi connectivity index (χ1) is 11.5. The van der Waals surface area contributed by atoms with Gasteiger partial charge in [-0.25, -0.2) is 0 Å². The van der Waals surface area contributed by atoms with Crippen molar-refractivity contribution >= 4 is 40.9 Å². The number of rotatable bonds is 6. The van der Waals surface area contributed by atoms with Crippen molar-refractivity contribution in [3.63, 3.8) is 0 Å². The van der Waals surface area contributed by atoms with E-state index in [1.54, 1.807) is 12.2 Å². The largest absolute Gasteiger partial charge is 0.548 e. The van der Waals surface area contributed by atoms with Gasteiger partial charge in [0, 0.05) is 0 Å². The molecule has 0 aromatic heterocycles. The number of hydrogen-bond donors (Lipinski definition) is 1. The fourth-order valence-corrected chi connectivity index (χ4v) is 2.62. The molecule has 1 aliphatic rings. The highest BCUT2D eigenvalue weighted by Gasteiger charge is 2.35. The van der Waals surface area contributed by atoms with Crippen LogP contribution in [-0.4, -0.2) is 41.0 Å². The molecule has 0 radical (unpaired) electrons. The summed E-state index contributed by atoms with van der Waals surface area (Å²) in [5.41, 5.74) is 0.939. The Morgan fingerprint density at radius 3 is 2.58 bits per heavy atom. The number of hydrogen-bond acceptors (Lipinski definition) is 6. The summed E-state index contributed by atoms with van der Waals surface area (Å²) in [5.74, 6) is -2.79. The summed E-state index contributed by atoms with van der Waals surface area (Å²) < 4.78 is 0. The summed E-state index contributed by atoms with van der Waals surface area (Å²) in [4.78, 5) is 46.6. The van der Waals surface area contributed by atoms with E-state index in [0.717, 1.165) is 22.2 Å². The fourth-order valence-electron chi connectivity index (χ4n) is 1.83. The molecule has 8 heteroatoms. The smallest absolute Gasteiger partial charge is 0.294 e. The zero-order valence-corrected chi connectivity index (χ0v) is 13.2. The maximum absolute atomic E-state index is 12.1. The molecule has 2 rings (SSSR count). The number of thioether (sulfide) groups is 1. The Labute approximate surface area is 142 Å². The minimum Gasteiger partial charge on any atom is -0.548 e. The van der Waals surface area contributed by atoms with Crippen LogP contribution in [0.25, 0.3) is 6.08 Å². The van der Waals surface area contributed by atoms with Crippen LogP contribution >= 0.6 is 11.8 Å². The van der Waals surface area contributed by atoms with E-state index in [0.29, 0.717) is 0 Å². The van der Waals surface area contributed by atoms with Crippen molar-refractivity contribution in [1.29, 1.82) is 0 Å². The number of amides is 3. The number of imide groups is 1. The molecule has 0 atom stereocenters. The topological polar surface area (TPSA) is 107 Å². The molecular formula is C16H13N2O5S-. The molecule has 1 aromatic carbocycles. The van der Waals surface area contributed by atoms with Gasteiger partial charge in [-0.05, 0) is 23.4 Å². The van der Waals surface area contributed by atoms with E-state index < -0.39 is 36.1 Å². The molecule has 1 aliphatic heterocycles. The fraction of sp³-hybridized carbons (Fsp3) is 0.125. The summed E-state index contributed by atoms with van der Waals surface area (Å²) in [5, 5.41) is 11.7. The molecule has 0 unspecified atom stereocenters. The molecule has 0 saturated carbocycles. The van der Waals surface area contributed by atoms with Crippen molar-refractivity contribution in [2.45, 2.75) is 0 Å². The van der Waals surface area contributed by atoms with Gasteiger partial charge in [0.05, 0.1) is 17.4 Å². The Kier molecular flexibility index (Phi) is 5.91. The first kappa shape index (κ1) is 17.5. The van der Waals surface area contributed by atoms with Gasteiger partial charge in [0.15, 0.2) is 0 Å². The molecule has 0 aliphatic carbocycles. The summed E-state index contributed by atoms with van der Waals surface area (Å²) >= 11 is 0.722. The van der Waals surface area contributed by atoms with Crippen molar-refractivity contribution < 1.29 is 24.3 Å². The Morgan fingerprint density at radius 1 is 1.21 bits per heavy atom. The van der Waals surface area contributed by atoms with Gasteiger partial charge >= 0.3 is 0 Å². The van der Waals surface area contributed by atoms with Crippen LogP contribution in [0.4, 0.5) is 4.79 Å². The summed E-state index contributed by atoms with van der Waals surface area (Å²) in [7, 11) is 0. The van der Waals surface area contributed by atoms with Crippen molar-refractivity contribution in [3.8, 4) is 0 Å². The molecule has 3 amide bonds. The van der Waals surface area contributed by atoms with Crippen molar-refractivity contribution in [2.24, 2.45) is 0 Å². The lowest BCUT2D eigenvalue weighted by molar-refractivity contribution is -0.304. The SMILES string of the molecule is O=C([O-])CNC(=O)CN1C(=O)S/C(=C/C=C/c2ccccc2)C1=O. The lowest BCUT2D eigenvalue weighted by Crippen LogP contribution is -2.43. The van der Waals surface area contributed by atoms with Crippen LogP contribution in [-0.2, 0) is 14.4 Å². The van der Waals surface area contributed by atoms with E-state index in [1.807, 2.05) is 35.6 Å². The Hall–Kier alpha value is -2.87. The van der Waals surface area contributed by atoms with Gasteiger partial charge < -0.3 is 15.2 Å². The van der Waals surface area contributed by atoms with E-state index in [9.17, 15) is 24.3 Å². The number of benzene rings is 1. The van der Waals surface area contributed by atoms with E-state index in [4.69, 9.17) is 0 Å². The van der Waals surface area contributed by atoms with E-state index in [2.05, 4.69) is 0 Å². The molecule has 1 fully saturated rings. The molecule has 1 aromatic rings. The highest BCUT2D eigenvalue weighted by molar-refractivity contribution is 8.18. The number of nitrogens with one attached hydrogen (secondary N) is 1. The second-order valence-electron chi connectivity index (χ2n) is 4.71. The Balaban J connectivity index is 1.98.